The van der Waals surface area contributed by atoms with Gasteiger partial charge >= 0.3 is 0 Å². The predicted molar refractivity (Wildman–Crippen MR) is 48.8 cm³/mol. The molecule has 0 heterocycles. The molecule has 0 saturated heterocycles. The van der Waals surface area contributed by atoms with Gasteiger partial charge in [0.05, 0.1) is 0 Å². The van der Waals surface area contributed by atoms with Gasteiger partial charge in [0, 0.05) is 11.8 Å². The van der Waals surface area contributed by atoms with E-state index in [1.54, 1.807) is 0 Å². The molecule has 1 rings (SSSR count). The summed E-state index contributed by atoms with van der Waals surface area (Å²) in [6.07, 6.45) is -0.260. The first kappa shape index (κ1) is 8.72. The van der Waals surface area contributed by atoms with Crippen molar-refractivity contribution in [2.75, 3.05) is 5.33 Å². The quantitative estimate of drug-likeness (QED) is 0.682. The van der Waals surface area contributed by atoms with E-state index in [9.17, 15) is 4.39 Å². The molecule has 1 aromatic rings. The summed E-state index contributed by atoms with van der Waals surface area (Å²) in [5.74, 6) is 0. The number of halogens is 2. The monoisotopic (exact) mass is 216 g/mol. The molecule has 0 spiro atoms. The largest absolute Gasteiger partial charge is 0.246 e. The average molecular weight is 217 g/mol. The Morgan fingerprint density at radius 2 is 1.91 bits per heavy atom. The Morgan fingerprint density at radius 1 is 1.27 bits per heavy atom. The van der Waals surface area contributed by atoms with E-state index >= 15 is 0 Å². The molecule has 0 N–H and O–H groups in total. The van der Waals surface area contributed by atoms with E-state index in [0.717, 1.165) is 5.56 Å². The van der Waals surface area contributed by atoms with Gasteiger partial charge in [-0.2, -0.15) is 0 Å². The van der Waals surface area contributed by atoms with Crippen molar-refractivity contribution in [2.45, 2.75) is 12.6 Å². The Kier molecular flexibility index (Phi) is 3.57. The van der Waals surface area contributed by atoms with Crippen LogP contribution in [0.3, 0.4) is 0 Å². The van der Waals surface area contributed by atoms with Crippen molar-refractivity contribution < 1.29 is 4.39 Å². The molecule has 0 amide bonds. The summed E-state index contributed by atoms with van der Waals surface area (Å²) >= 11 is 3.10. The molecule has 11 heavy (non-hydrogen) atoms. The van der Waals surface area contributed by atoms with Crippen LogP contribution in [0.1, 0.15) is 5.56 Å². The maximum absolute atomic E-state index is 12.8. The molecule has 60 valence electrons. The van der Waals surface area contributed by atoms with Gasteiger partial charge in [0.2, 0.25) is 0 Å². The van der Waals surface area contributed by atoms with Crippen LogP contribution in [0.15, 0.2) is 30.3 Å². The van der Waals surface area contributed by atoms with E-state index in [4.69, 9.17) is 0 Å². The molecule has 0 nitrogen and oxygen atoms in total. The standard InChI is InChI=1S/C9H10BrF/c10-7-9(11)6-8-4-2-1-3-5-8/h1-5,9H,6-7H2. The molecule has 0 saturated carbocycles. The van der Waals surface area contributed by atoms with E-state index in [1.807, 2.05) is 30.3 Å². The second-order valence-corrected chi connectivity index (χ2v) is 3.09. The fourth-order valence-electron chi connectivity index (χ4n) is 0.924. The van der Waals surface area contributed by atoms with Crippen LogP contribution in [0, 0.1) is 0 Å². The van der Waals surface area contributed by atoms with Crippen LogP contribution in [0.5, 0.6) is 0 Å². The Labute approximate surface area is 74.6 Å². The van der Waals surface area contributed by atoms with Crippen molar-refractivity contribution >= 4 is 15.9 Å². The number of rotatable bonds is 3. The lowest BCUT2D eigenvalue weighted by atomic mass is 10.1. The zero-order chi connectivity index (χ0) is 8.10. The minimum absolute atomic E-state index is 0.419. The fourth-order valence-corrected chi connectivity index (χ4v) is 1.15. The highest BCUT2D eigenvalue weighted by atomic mass is 79.9. The molecule has 0 bridgehead atoms. The van der Waals surface area contributed by atoms with Crippen molar-refractivity contribution in [3.63, 3.8) is 0 Å². The molecule has 2 heteroatoms. The van der Waals surface area contributed by atoms with Crippen molar-refractivity contribution in [2.24, 2.45) is 0 Å². The summed E-state index contributed by atoms with van der Waals surface area (Å²) in [6.45, 7) is 0. The molecular formula is C9H10BrF. The van der Waals surface area contributed by atoms with Crippen molar-refractivity contribution in [3.05, 3.63) is 35.9 Å². The minimum Gasteiger partial charge on any atom is -0.246 e. The zero-order valence-electron chi connectivity index (χ0n) is 6.13. The summed E-state index contributed by atoms with van der Waals surface area (Å²) in [5.41, 5.74) is 1.06. The normalized spacial score (nSPS) is 12.9. The number of alkyl halides is 2. The van der Waals surface area contributed by atoms with Crippen LogP contribution in [0.4, 0.5) is 4.39 Å². The fraction of sp³-hybridized carbons (Fsp3) is 0.333. The van der Waals surface area contributed by atoms with Gasteiger partial charge < -0.3 is 0 Å². The smallest absolute Gasteiger partial charge is 0.114 e. The number of benzene rings is 1. The van der Waals surface area contributed by atoms with Gasteiger partial charge in [-0.1, -0.05) is 46.3 Å². The topological polar surface area (TPSA) is 0 Å². The molecule has 0 fully saturated rings. The van der Waals surface area contributed by atoms with Crippen molar-refractivity contribution in [3.8, 4) is 0 Å². The predicted octanol–water partition coefficient (Wildman–Crippen LogP) is 2.96. The molecule has 0 aliphatic rings. The second-order valence-electron chi connectivity index (χ2n) is 2.44. The van der Waals surface area contributed by atoms with E-state index in [-0.39, 0.29) is 0 Å². The first-order valence-electron chi connectivity index (χ1n) is 3.57. The summed E-state index contributed by atoms with van der Waals surface area (Å²) in [5, 5.41) is 0.419. The van der Waals surface area contributed by atoms with Crippen LogP contribution in [-0.4, -0.2) is 11.5 Å². The van der Waals surface area contributed by atoms with E-state index < -0.39 is 6.17 Å². The van der Waals surface area contributed by atoms with Crippen LogP contribution in [0.2, 0.25) is 0 Å². The SMILES string of the molecule is FC(CBr)Cc1ccccc1. The molecular weight excluding hydrogens is 207 g/mol. The van der Waals surface area contributed by atoms with E-state index in [0.29, 0.717) is 11.8 Å². The molecule has 1 unspecified atom stereocenters. The van der Waals surface area contributed by atoms with Gasteiger partial charge in [0.1, 0.15) is 6.17 Å². The third-order valence-electron chi connectivity index (χ3n) is 1.47. The first-order valence-corrected chi connectivity index (χ1v) is 4.69. The highest BCUT2D eigenvalue weighted by molar-refractivity contribution is 9.09. The second kappa shape index (κ2) is 4.50. The maximum Gasteiger partial charge on any atom is 0.114 e. The summed E-state index contributed by atoms with van der Waals surface area (Å²) in [7, 11) is 0. The van der Waals surface area contributed by atoms with Gasteiger partial charge in [0.15, 0.2) is 0 Å². The highest BCUT2D eigenvalue weighted by Gasteiger charge is 2.03. The number of hydrogen-bond donors (Lipinski definition) is 0. The van der Waals surface area contributed by atoms with Crippen LogP contribution >= 0.6 is 15.9 Å². The van der Waals surface area contributed by atoms with Crippen LogP contribution < -0.4 is 0 Å². The van der Waals surface area contributed by atoms with Gasteiger partial charge in [-0.05, 0) is 5.56 Å². The number of hydrogen-bond acceptors (Lipinski definition) is 0. The van der Waals surface area contributed by atoms with Crippen molar-refractivity contribution in [1.29, 1.82) is 0 Å². The lowest BCUT2D eigenvalue weighted by Crippen LogP contribution is -2.05. The average Bonchev–Trinajstić information content (AvgIpc) is 2.06. The Morgan fingerprint density at radius 3 is 2.45 bits per heavy atom. The molecule has 0 radical (unpaired) electrons. The summed E-state index contributed by atoms with van der Waals surface area (Å²) < 4.78 is 12.8. The lowest BCUT2D eigenvalue weighted by Gasteiger charge is -2.02. The van der Waals surface area contributed by atoms with Crippen LogP contribution in [0.25, 0.3) is 0 Å². The highest BCUT2D eigenvalue weighted by Crippen LogP contribution is 2.07. The first-order chi connectivity index (χ1) is 5.33. The van der Waals surface area contributed by atoms with Gasteiger partial charge in [-0.25, -0.2) is 4.39 Å². The summed E-state index contributed by atoms with van der Waals surface area (Å²) in [6, 6.07) is 9.67. The lowest BCUT2D eigenvalue weighted by molar-refractivity contribution is 0.368. The Balaban J connectivity index is 2.51. The Bertz CT molecular complexity index is 198. The van der Waals surface area contributed by atoms with Gasteiger partial charge in [-0.15, -0.1) is 0 Å². The molecule has 0 aliphatic heterocycles. The third kappa shape index (κ3) is 3.02. The van der Waals surface area contributed by atoms with Gasteiger partial charge in [-0.3, -0.25) is 0 Å². The van der Waals surface area contributed by atoms with E-state index in [1.165, 1.54) is 0 Å². The van der Waals surface area contributed by atoms with E-state index in [2.05, 4.69) is 15.9 Å². The zero-order valence-corrected chi connectivity index (χ0v) is 7.72. The molecule has 0 aromatic heterocycles. The minimum atomic E-state index is -0.766. The molecule has 1 atom stereocenters. The van der Waals surface area contributed by atoms with Gasteiger partial charge in [0.25, 0.3) is 0 Å². The molecule has 1 aromatic carbocycles. The van der Waals surface area contributed by atoms with Crippen LogP contribution in [-0.2, 0) is 6.42 Å². The maximum atomic E-state index is 12.8. The van der Waals surface area contributed by atoms with Crippen molar-refractivity contribution in [1.82, 2.24) is 0 Å². The molecule has 0 aliphatic carbocycles. The third-order valence-corrected chi connectivity index (χ3v) is 2.17. The Hall–Kier alpha value is -0.370. The summed E-state index contributed by atoms with van der Waals surface area (Å²) in [4.78, 5) is 0.